The third-order valence-electron chi connectivity index (χ3n) is 3.89. The summed E-state index contributed by atoms with van der Waals surface area (Å²) in [6, 6.07) is 13.4. The van der Waals surface area contributed by atoms with Crippen LogP contribution in [0.2, 0.25) is 5.02 Å². The van der Waals surface area contributed by atoms with Crippen LogP contribution in [-0.2, 0) is 4.79 Å². The summed E-state index contributed by atoms with van der Waals surface area (Å²) in [6.45, 7) is 1.83. The summed E-state index contributed by atoms with van der Waals surface area (Å²) in [6.07, 6.45) is 1.62. The summed E-state index contributed by atoms with van der Waals surface area (Å²) in [5, 5.41) is 15.5. The summed E-state index contributed by atoms with van der Waals surface area (Å²) in [7, 11) is 0. The zero-order chi connectivity index (χ0) is 19.4. The Kier molecular flexibility index (Phi) is 5.66. The third kappa shape index (κ3) is 4.80. The topological polar surface area (TPSA) is 65.3 Å². The fraction of sp³-hybridized carbons (Fsp3) is 0.150. The second-order valence-corrected chi connectivity index (χ2v) is 6.47. The number of nitrogens with zero attached hydrogens (tertiary/aromatic N) is 3. The number of benzene rings is 2. The number of allylic oxidation sites excluding steroid dienone is 1. The molecular weight excluding hydrogens is 369 g/mol. The van der Waals surface area contributed by atoms with Gasteiger partial charge in [-0.2, -0.15) is 5.10 Å². The van der Waals surface area contributed by atoms with Crippen LogP contribution in [-0.4, -0.2) is 34.2 Å². The van der Waals surface area contributed by atoms with Gasteiger partial charge in [0.2, 0.25) is 0 Å². The summed E-state index contributed by atoms with van der Waals surface area (Å²) in [5.74, 6) is -1.33. The molecule has 0 bridgehead atoms. The van der Waals surface area contributed by atoms with E-state index in [0.717, 1.165) is 5.56 Å². The van der Waals surface area contributed by atoms with Crippen molar-refractivity contribution in [2.75, 3.05) is 6.67 Å². The van der Waals surface area contributed by atoms with Crippen LogP contribution in [0, 0.1) is 5.82 Å². The number of carboxylic acids is 1. The first kappa shape index (κ1) is 18.8. The molecule has 0 unspecified atom stereocenters. The smallest absolute Gasteiger partial charge is 0.309 e. The quantitative estimate of drug-likeness (QED) is 0.774. The van der Waals surface area contributed by atoms with Gasteiger partial charge in [0.1, 0.15) is 12.5 Å². The number of rotatable bonds is 5. The molecule has 2 aromatic rings. The SMILES string of the molecule is C/C(CC(=O)O)=N\N1CN=C(c2ccc(Cl)cc2)C=C1c1cccc(F)c1. The summed E-state index contributed by atoms with van der Waals surface area (Å²) in [4.78, 5) is 15.4. The summed E-state index contributed by atoms with van der Waals surface area (Å²) < 4.78 is 13.7. The molecule has 5 nitrogen and oxygen atoms in total. The standard InChI is InChI=1S/C20H17ClFN3O2/c1-13(9-20(26)27)24-25-12-23-18(14-5-7-16(21)8-6-14)11-19(25)15-3-2-4-17(22)10-15/h2-8,10-11H,9,12H2,1H3,(H,26,27)/b24-13+. The van der Waals surface area contributed by atoms with E-state index in [-0.39, 0.29) is 18.9 Å². The van der Waals surface area contributed by atoms with E-state index < -0.39 is 5.97 Å². The molecule has 0 atom stereocenters. The molecule has 1 aliphatic heterocycles. The highest BCUT2D eigenvalue weighted by Gasteiger charge is 2.19. The Morgan fingerprint density at radius 1 is 1.26 bits per heavy atom. The average Bonchev–Trinajstić information content (AvgIpc) is 2.62. The van der Waals surface area contributed by atoms with Crippen LogP contribution in [0.1, 0.15) is 24.5 Å². The molecule has 0 spiro atoms. The maximum atomic E-state index is 13.7. The van der Waals surface area contributed by atoms with Crippen LogP contribution in [0.5, 0.6) is 0 Å². The van der Waals surface area contributed by atoms with Gasteiger partial charge in [0.15, 0.2) is 0 Å². The average molecular weight is 386 g/mol. The molecule has 0 aliphatic carbocycles. The third-order valence-corrected chi connectivity index (χ3v) is 4.14. The molecule has 138 valence electrons. The van der Waals surface area contributed by atoms with Gasteiger partial charge in [0.05, 0.1) is 17.8 Å². The maximum absolute atomic E-state index is 13.7. The number of halogens is 2. The van der Waals surface area contributed by atoms with Crippen molar-refractivity contribution in [1.82, 2.24) is 5.01 Å². The first-order valence-electron chi connectivity index (χ1n) is 8.24. The Hall–Kier alpha value is -2.99. The van der Waals surface area contributed by atoms with Gasteiger partial charge in [0, 0.05) is 16.3 Å². The molecule has 0 saturated carbocycles. The van der Waals surface area contributed by atoms with E-state index in [2.05, 4.69) is 10.1 Å². The number of hydrazone groups is 1. The molecule has 0 aromatic heterocycles. The summed E-state index contributed by atoms with van der Waals surface area (Å²) in [5.41, 5.74) is 3.28. The predicted octanol–water partition coefficient (Wildman–Crippen LogP) is 4.43. The Morgan fingerprint density at radius 2 is 2.00 bits per heavy atom. The Labute approximate surface area is 161 Å². The number of hydrogen-bond donors (Lipinski definition) is 1. The van der Waals surface area contributed by atoms with E-state index in [1.54, 1.807) is 42.3 Å². The molecule has 3 rings (SSSR count). The molecule has 27 heavy (non-hydrogen) atoms. The van der Waals surface area contributed by atoms with Crippen molar-refractivity contribution in [1.29, 1.82) is 0 Å². The molecule has 2 aromatic carbocycles. The fourth-order valence-electron chi connectivity index (χ4n) is 2.69. The van der Waals surface area contributed by atoms with Crippen LogP contribution in [0.25, 0.3) is 5.70 Å². The molecule has 0 amide bonds. The molecule has 1 aliphatic rings. The molecule has 1 N–H and O–H groups in total. The fourth-order valence-corrected chi connectivity index (χ4v) is 2.82. The molecule has 1 heterocycles. The second kappa shape index (κ2) is 8.14. The first-order valence-corrected chi connectivity index (χ1v) is 8.61. The zero-order valence-corrected chi connectivity index (χ0v) is 15.3. The van der Waals surface area contributed by atoms with E-state index >= 15 is 0 Å². The lowest BCUT2D eigenvalue weighted by Gasteiger charge is -2.26. The van der Waals surface area contributed by atoms with Crippen LogP contribution >= 0.6 is 11.6 Å². The van der Waals surface area contributed by atoms with Crippen molar-refractivity contribution >= 4 is 34.7 Å². The highest BCUT2D eigenvalue weighted by molar-refractivity contribution is 6.30. The zero-order valence-electron chi connectivity index (χ0n) is 14.6. The number of aliphatic imine (C=N–C) groups is 1. The maximum Gasteiger partial charge on any atom is 0.309 e. The van der Waals surface area contributed by atoms with Crippen molar-refractivity contribution in [3.05, 3.63) is 76.6 Å². The van der Waals surface area contributed by atoms with E-state index in [1.807, 2.05) is 12.1 Å². The minimum absolute atomic E-state index is 0.180. The Morgan fingerprint density at radius 3 is 2.67 bits per heavy atom. The van der Waals surface area contributed by atoms with E-state index in [4.69, 9.17) is 16.7 Å². The van der Waals surface area contributed by atoms with Crippen LogP contribution in [0.4, 0.5) is 4.39 Å². The number of carboxylic acid groups (broad SMARTS) is 1. The van der Waals surface area contributed by atoms with Gasteiger partial charge in [-0.1, -0.05) is 35.9 Å². The van der Waals surface area contributed by atoms with Gasteiger partial charge >= 0.3 is 5.97 Å². The van der Waals surface area contributed by atoms with Crippen molar-refractivity contribution < 1.29 is 14.3 Å². The first-order chi connectivity index (χ1) is 12.9. The minimum atomic E-state index is -0.963. The largest absolute Gasteiger partial charge is 0.481 e. The minimum Gasteiger partial charge on any atom is -0.481 e. The van der Waals surface area contributed by atoms with Gasteiger partial charge in [0.25, 0.3) is 0 Å². The lowest BCUT2D eigenvalue weighted by atomic mass is 10.0. The van der Waals surface area contributed by atoms with E-state index in [0.29, 0.717) is 27.7 Å². The van der Waals surface area contributed by atoms with Crippen molar-refractivity contribution in [2.24, 2.45) is 10.1 Å². The monoisotopic (exact) mass is 385 g/mol. The highest BCUT2D eigenvalue weighted by Crippen LogP contribution is 2.25. The normalized spacial score (nSPS) is 14.6. The van der Waals surface area contributed by atoms with Crippen molar-refractivity contribution in [3.8, 4) is 0 Å². The van der Waals surface area contributed by atoms with Gasteiger partial charge in [-0.3, -0.25) is 9.79 Å². The highest BCUT2D eigenvalue weighted by atomic mass is 35.5. The van der Waals surface area contributed by atoms with Gasteiger partial charge in [-0.05, 0) is 42.8 Å². The lowest BCUT2D eigenvalue weighted by molar-refractivity contribution is -0.135. The van der Waals surface area contributed by atoms with E-state index in [9.17, 15) is 9.18 Å². The second-order valence-electron chi connectivity index (χ2n) is 6.04. The number of hydrogen-bond acceptors (Lipinski definition) is 4. The molecule has 0 radical (unpaired) electrons. The van der Waals surface area contributed by atoms with E-state index in [1.165, 1.54) is 12.1 Å². The van der Waals surface area contributed by atoms with Crippen LogP contribution < -0.4 is 0 Å². The molecule has 0 fully saturated rings. The predicted molar refractivity (Wildman–Crippen MR) is 104 cm³/mol. The van der Waals surface area contributed by atoms with Gasteiger partial charge in [-0.25, -0.2) is 9.40 Å². The number of aliphatic carboxylic acids is 1. The lowest BCUT2D eigenvalue weighted by Crippen LogP contribution is -2.24. The Bertz CT molecular complexity index is 952. The van der Waals surface area contributed by atoms with Crippen molar-refractivity contribution in [2.45, 2.75) is 13.3 Å². The van der Waals surface area contributed by atoms with Gasteiger partial charge in [-0.15, -0.1) is 0 Å². The molecule has 0 saturated heterocycles. The summed E-state index contributed by atoms with van der Waals surface area (Å²) >= 11 is 5.94. The Balaban J connectivity index is 2.00. The molecule has 7 heteroatoms. The van der Waals surface area contributed by atoms with Gasteiger partial charge < -0.3 is 5.11 Å². The van der Waals surface area contributed by atoms with Crippen LogP contribution in [0.3, 0.4) is 0 Å². The van der Waals surface area contributed by atoms with Crippen LogP contribution in [0.15, 0.2) is 64.7 Å². The van der Waals surface area contributed by atoms with Crippen molar-refractivity contribution in [3.63, 3.8) is 0 Å². The molecular formula is C20H17ClFN3O2. The number of carbonyl (C=O) groups is 1.